The number of halogens is 1. The number of likely N-dealkylation sites (N-methyl/N-ethyl adjacent to an activating group) is 1. The summed E-state index contributed by atoms with van der Waals surface area (Å²) in [6.45, 7) is 4.57. The van der Waals surface area contributed by atoms with Crippen LogP contribution in [0.5, 0.6) is 0 Å². The van der Waals surface area contributed by atoms with E-state index in [1.165, 1.54) is 5.56 Å². The number of amides is 1. The van der Waals surface area contributed by atoms with Crippen molar-refractivity contribution in [3.05, 3.63) is 22.4 Å². The van der Waals surface area contributed by atoms with Gasteiger partial charge in [-0.2, -0.15) is 11.3 Å². The molecule has 5 heteroatoms. The topological polar surface area (TPSA) is 41.1 Å². The van der Waals surface area contributed by atoms with Crippen LogP contribution < -0.4 is 10.6 Å². The van der Waals surface area contributed by atoms with E-state index in [1.54, 1.807) is 11.3 Å². The molecule has 0 radical (unpaired) electrons. The largest absolute Gasteiger partial charge is 0.355 e. The predicted molar refractivity (Wildman–Crippen MR) is 71.4 cm³/mol. The second kappa shape index (κ2) is 9.63. The number of hydrogen-bond acceptors (Lipinski definition) is 3. The van der Waals surface area contributed by atoms with E-state index in [4.69, 9.17) is 0 Å². The van der Waals surface area contributed by atoms with Crippen LogP contribution in [0.3, 0.4) is 0 Å². The van der Waals surface area contributed by atoms with Crippen LogP contribution in [0.25, 0.3) is 0 Å². The van der Waals surface area contributed by atoms with Gasteiger partial charge in [0, 0.05) is 19.5 Å². The Balaban J connectivity index is 0.00000225. The van der Waals surface area contributed by atoms with E-state index >= 15 is 0 Å². The zero-order valence-electron chi connectivity index (χ0n) is 9.49. The Morgan fingerprint density at radius 1 is 1.44 bits per heavy atom. The summed E-state index contributed by atoms with van der Waals surface area (Å²) >= 11 is 1.67. The summed E-state index contributed by atoms with van der Waals surface area (Å²) in [6.07, 6.45) is 1.43. The molecule has 1 rings (SSSR count). The lowest BCUT2D eigenvalue weighted by Gasteiger charge is -2.04. The zero-order valence-corrected chi connectivity index (χ0v) is 11.1. The summed E-state index contributed by atoms with van der Waals surface area (Å²) in [7, 11) is 0. The number of carbonyl (C=O) groups excluding carboxylic acids is 1. The molecule has 0 atom stereocenters. The van der Waals surface area contributed by atoms with Gasteiger partial charge in [-0.05, 0) is 35.4 Å². The highest BCUT2D eigenvalue weighted by atomic mass is 35.5. The molecule has 3 nitrogen and oxygen atoms in total. The zero-order chi connectivity index (χ0) is 10.9. The SMILES string of the molecule is CCNCCNC(=O)CCc1ccsc1.Cl. The van der Waals surface area contributed by atoms with Crippen molar-refractivity contribution in [2.24, 2.45) is 0 Å². The fourth-order valence-corrected chi connectivity index (χ4v) is 1.95. The minimum Gasteiger partial charge on any atom is -0.355 e. The Hall–Kier alpha value is -0.580. The summed E-state index contributed by atoms with van der Waals surface area (Å²) in [6, 6.07) is 2.07. The molecule has 2 N–H and O–H groups in total. The molecule has 0 unspecified atom stereocenters. The number of hydrogen-bond donors (Lipinski definition) is 2. The van der Waals surface area contributed by atoms with Gasteiger partial charge >= 0.3 is 0 Å². The molecule has 0 saturated heterocycles. The van der Waals surface area contributed by atoms with Crippen molar-refractivity contribution in [1.29, 1.82) is 0 Å². The highest BCUT2D eigenvalue weighted by molar-refractivity contribution is 7.07. The second-order valence-electron chi connectivity index (χ2n) is 3.34. The van der Waals surface area contributed by atoms with Crippen molar-refractivity contribution in [2.45, 2.75) is 19.8 Å². The van der Waals surface area contributed by atoms with Crippen molar-refractivity contribution < 1.29 is 4.79 Å². The van der Waals surface area contributed by atoms with Gasteiger partial charge in [-0.25, -0.2) is 0 Å². The van der Waals surface area contributed by atoms with Crippen LogP contribution in [-0.4, -0.2) is 25.5 Å². The standard InChI is InChI=1S/C11H18N2OS.ClH/c1-2-12-6-7-13-11(14)4-3-10-5-8-15-9-10;/h5,8-9,12H,2-4,6-7H2,1H3,(H,13,14);1H. The molecule has 0 aliphatic heterocycles. The van der Waals surface area contributed by atoms with Gasteiger partial charge in [0.2, 0.25) is 5.91 Å². The lowest BCUT2D eigenvalue weighted by atomic mass is 10.2. The second-order valence-corrected chi connectivity index (χ2v) is 4.12. The molecular weight excluding hydrogens is 244 g/mol. The van der Waals surface area contributed by atoms with E-state index in [0.717, 1.165) is 26.1 Å². The number of nitrogens with one attached hydrogen (secondary N) is 2. The number of aryl methyl sites for hydroxylation is 1. The summed E-state index contributed by atoms with van der Waals surface area (Å²) in [5.74, 6) is 0.138. The highest BCUT2D eigenvalue weighted by Crippen LogP contribution is 2.07. The van der Waals surface area contributed by atoms with Crippen molar-refractivity contribution in [3.63, 3.8) is 0 Å². The van der Waals surface area contributed by atoms with Gasteiger partial charge in [0.05, 0.1) is 0 Å². The summed E-state index contributed by atoms with van der Waals surface area (Å²) < 4.78 is 0. The molecule has 0 fully saturated rings. The van der Waals surface area contributed by atoms with Crippen LogP contribution in [0.4, 0.5) is 0 Å². The van der Waals surface area contributed by atoms with Gasteiger partial charge in [-0.1, -0.05) is 6.92 Å². The number of thiophene rings is 1. The summed E-state index contributed by atoms with van der Waals surface area (Å²) in [5, 5.41) is 10.2. The predicted octanol–water partition coefficient (Wildman–Crippen LogP) is 1.83. The van der Waals surface area contributed by atoms with Gasteiger partial charge in [-0.15, -0.1) is 12.4 Å². The first kappa shape index (κ1) is 15.4. The van der Waals surface area contributed by atoms with Gasteiger partial charge in [0.25, 0.3) is 0 Å². The third kappa shape index (κ3) is 6.82. The first-order chi connectivity index (χ1) is 7.33. The molecule has 92 valence electrons. The molecular formula is C11H19ClN2OS. The molecule has 16 heavy (non-hydrogen) atoms. The van der Waals surface area contributed by atoms with Crippen molar-refractivity contribution >= 4 is 29.7 Å². The molecule has 1 aromatic heterocycles. The van der Waals surface area contributed by atoms with Crippen LogP contribution in [-0.2, 0) is 11.2 Å². The smallest absolute Gasteiger partial charge is 0.220 e. The minimum absolute atomic E-state index is 0. The van der Waals surface area contributed by atoms with Crippen LogP contribution in [0, 0.1) is 0 Å². The maximum atomic E-state index is 11.4. The van der Waals surface area contributed by atoms with Crippen LogP contribution in [0.2, 0.25) is 0 Å². The molecule has 1 aromatic rings. The Morgan fingerprint density at radius 2 is 2.25 bits per heavy atom. The summed E-state index contributed by atoms with van der Waals surface area (Å²) in [5.41, 5.74) is 1.25. The van der Waals surface area contributed by atoms with Gasteiger partial charge < -0.3 is 10.6 Å². The third-order valence-corrected chi connectivity index (χ3v) is 2.83. The van der Waals surface area contributed by atoms with E-state index in [-0.39, 0.29) is 18.3 Å². The average molecular weight is 263 g/mol. The molecule has 0 spiro atoms. The normalized spacial score (nSPS) is 9.56. The first-order valence-corrected chi connectivity index (χ1v) is 6.25. The maximum absolute atomic E-state index is 11.4. The fraction of sp³-hybridized carbons (Fsp3) is 0.545. The molecule has 0 saturated carbocycles. The summed E-state index contributed by atoms with van der Waals surface area (Å²) in [4.78, 5) is 11.4. The van der Waals surface area contributed by atoms with Crippen LogP contribution >= 0.6 is 23.7 Å². The van der Waals surface area contributed by atoms with E-state index in [2.05, 4.69) is 29.0 Å². The van der Waals surface area contributed by atoms with E-state index in [1.807, 2.05) is 5.38 Å². The molecule has 0 aliphatic rings. The minimum atomic E-state index is 0. The molecule has 1 heterocycles. The van der Waals surface area contributed by atoms with Gasteiger partial charge in [0.15, 0.2) is 0 Å². The van der Waals surface area contributed by atoms with Crippen molar-refractivity contribution in [3.8, 4) is 0 Å². The first-order valence-electron chi connectivity index (χ1n) is 5.31. The van der Waals surface area contributed by atoms with Crippen LogP contribution in [0.1, 0.15) is 18.9 Å². The monoisotopic (exact) mass is 262 g/mol. The third-order valence-electron chi connectivity index (χ3n) is 2.09. The Labute approximate surface area is 107 Å². The Bertz CT molecular complexity index is 278. The van der Waals surface area contributed by atoms with Crippen molar-refractivity contribution in [2.75, 3.05) is 19.6 Å². The molecule has 0 aromatic carbocycles. The fourth-order valence-electron chi connectivity index (χ4n) is 1.25. The van der Waals surface area contributed by atoms with E-state index < -0.39 is 0 Å². The lowest BCUT2D eigenvalue weighted by molar-refractivity contribution is -0.121. The Morgan fingerprint density at radius 3 is 2.88 bits per heavy atom. The van der Waals surface area contributed by atoms with Gasteiger partial charge in [0.1, 0.15) is 0 Å². The molecule has 0 aliphatic carbocycles. The highest BCUT2D eigenvalue weighted by Gasteiger charge is 2.01. The van der Waals surface area contributed by atoms with Crippen molar-refractivity contribution in [1.82, 2.24) is 10.6 Å². The quantitative estimate of drug-likeness (QED) is 0.736. The van der Waals surface area contributed by atoms with Crippen LogP contribution in [0.15, 0.2) is 16.8 Å². The average Bonchev–Trinajstić information content (AvgIpc) is 2.74. The number of rotatable bonds is 7. The lowest BCUT2D eigenvalue weighted by Crippen LogP contribution is -2.31. The molecule has 0 bridgehead atoms. The Kier molecular flexibility index (Phi) is 9.28. The van der Waals surface area contributed by atoms with E-state index in [0.29, 0.717) is 6.42 Å². The number of carbonyl (C=O) groups is 1. The van der Waals surface area contributed by atoms with E-state index in [9.17, 15) is 4.79 Å². The van der Waals surface area contributed by atoms with Gasteiger partial charge in [-0.3, -0.25) is 4.79 Å². The maximum Gasteiger partial charge on any atom is 0.220 e. The molecule has 1 amide bonds.